The Labute approximate surface area is 441 Å². The molecule has 19 nitrogen and oxygen atoms in total. The summed E-state index contributed by atoms with van der Waals surface area (Å²) < 4.78 is 17.4. The molecule has 0 aliphatic carbocycles. The Morgan fingerprint density at radius 2 is 1.35 bits per heavy atom. The first-order chi connectivity index (χ1) is 34.6. The SMILES string of the molecule is CC[C@@H]1CCC[C@@H](O)[C@@H](C)C(=O)O[C@H](C)[C@@H](C)CC=C(C)C(=O)CC(=O)N(C)CC(=O)N(C)[C@@H](C(C)C)C(=O)N(C)[C@@H](COC)C(=O)N2CCC[C@H]2C(=O)N(C)[C@](C(C)C)([C@@H](C)CC)C(=O)N2CCC[C@H]2C(=O)O1. The average Bonchev–Trinajstić information content (AvgIpc) is 4.06. The van der Waals surface area contributed by atoms with Crippen LogP contribution in [-0.4, -0.2) is 197 Å². The second-order valence-corrected chi connectivity index (χ2v) is 22.0. The summed E-state index contributed by atoms with van der Waals surface area (Å²) in [5, 5.41) is 11.1. The zero-order valence-electron chi connectivity index (χ0n) is 47.6. The summed E-state index contributed by atoms with van der Waals surface area (Å²) in [6, 6.07) is -4.20. The third-order valence-corrected chi connectivity index (χ3v) is 16.4. The van der Waals surface area contributed by atoms with E-state index in [-0.39, 0.29) is 37.9 Å². The number of carbonyl (C=O) groups is 9. The number of aliphatic hydroxyl groups excluding tert-OH is 1. The number of methoxy groups -OCH3 is 1. The number of esters is 2. The highest BCUT2D eigenvalue weighted by atomic mass is 16.5. The van der Waals surface area contributed by atoms with Crippen LogP contribution in [0.1, 0.15) is 147 Å². The van der Waals surface area contributed by atoms with Gasteiger partial charge >= 0.3 is 11.9 Å². The van der Waals surface area contributed by atoms with E-state index in [0.29, 0.717) is 63.4 Å². The third-order valence-electron chi connectivity index (χ3n) is 16.4. The van der Waals surface area contributed by atoms with Gasteiger partial charge in [0.05, 0.1) is 31.6 Å². The summed E-state index contributed by atoms with van der Waals surface area (Å²) in [5.41, 5.74) is -1.12. The van der Waals surface area contributed by atoms with Gasteiger partial charge < -0.3 is 48.7 Å². The summed E-state index contributed by atoms with van der Waals surface area (Å²) >= 11 is 0. The number of ketones is 1. The van der Waals surface area contributed by atoms with Crippen LogP contribution in [0.2, 0.25) is 0 Å². The number of likely N-dealkylation sites (N-methyl/N-ethyl adjacent to an activating group) is 4. The van der Waals surface area contributed by atoms with E-state index in [1.54, 1.807) is 52.6 Å². The Bertz CT molecular complexity index is 2030. The molecule has 19 heteroatoms. The van der Waals surface area contributed by atoms with E-state index >= 15 is 9.59 Å². The number of cyclic esters (lactones) is 2. The molecule has 2 fully saturated rings. The molecular weight excluding hydrogens is 953 g/mol. The van der Waals surface area contributed by atoms with Gasteiger partial charge in [0.25, 0.3) is 0 Å². The fourth-order valence-corrected chi connectivity index (χ4v) is 10.9. The lowest BCUT2D eigenvalue weighted by atomic mass is 9.72. The van der Waals surface area contributed by atoms with E-state index in [2.05, 4.69) is 0 Å². The van der Waals surface area contributed by atoms with Crippen LogP contribution >= 0.6 is 0 Å². The molecule has 0 aromatic rings. The quantitative estimate of drug-likeness (QED) is 0.272. The molecule has 3 aliphatic heterocycles. The molecule has 0 aromatic heterocycles. The molecule has 0 radical (unpaired) electrons. The molecule has 6 amide bonds. The molecule has 420 valence electrons. The maximum atomic E-state index is 15.4. The fraction of sp³-hybridized carbons (Fsp3) is 0.800. The largest absolute Gasteiger partial charge is 0.462 e. The molecule has 3 rings (SSSR count). The highest BCUT2D eigenvalue weighted by Gasteiger charge is 2.57. The van der Waals surface area contributed by atoms with Gasteiger partial charge in [-0.05, 0) is 108 Å². The predicted molar refractivity (Wildman–Crippen MR) is 279 cm³/mol. The van der Waals surface area contributed by atoms with Gasteiger partial charge in [-0.15, -0.1) is 0 Å². The van der Waals surface area contributed by atoms with Gasteiger partial charge in [-0.1, -0.05) is 67.9 Å². The number of allylic oxidation sites excluding steroid dienone is 2. The summed E-state index contributed by atoms with van der Waals surface area (Å²) in [5.74, 6) is -7.09. The Kier molecular flexibility index (Phi) is 24.2. The molecule has 3 aliphatic rings. The van der Waals surface area contributed by atoms with Crippen LogP contribution in [0, 0.1) is 29.6 Å². The number of aliphatic hydroxyl groups is 1. The zero-order valence-corrected chi connectivity index (χ0v) is 47.6. The van der Waals surface area contributed by atoms with Crippen LogP contribution in [0.25, 0.3) is 0 Å². The molecule has 0 spiro atoms. The highest BCUT2D eigenvalue weighted by molar-refractivity contribution is 6.07. The molecule has 2 saturated heterocycles. The maximum absolute atomic E-state index is 15.4. The van der Waals surface area contributed by atoms with Crippen LogP contribution in [0.5, 0.6) is 0 Å². The second-order valence-electron chi connectivity index (χ2n) is 22.0. The lowest BCUT2D eigenvalue weighted by Gasteiger charge is -2.50. The van der Waals surface area contributed by atoms with Crippen molar-refractivity contribution in [3.63, 3.8) is 0 Å². The van der Waals surface area contributed by atoms with Crippen LogP contribution < -0.4 is 0 Å². The van der Waals surface area contributed by atoms with Gasteiger partial charge in [0, 0.05) is 48.4 Å². The number of fused-ring (bicyclic) bond motifs is 2. The van der Waals surface area contributed by atoms with Crippen LogP contribution in [-0.2, 0) is 57.4 Å². The van der Waals surface area contributed by atoms with Crippen LogP contribution in [0.3, 0.4) is 0 Å². The Hall–Kier alpha value is -4.91. The van der Waals surface area contributed by atoms with E-state index in [1.807, 2.05) is 41.5 Å². The van der Waals surface area contributed by atoms with Crippen LogP contribution in [0.4, 0.5) is 0 Å². The van der Waals surface area contributed by atoms with Gasteiger partial charge in [-0.25, -0.2) is 4.79 Å². The zero-order chi connectivity index (χ0) is 56.1. The number of hydrogen-bond donors (Lipinski definition) is 1. The molecule has 74 heavy (non-hydrogen) atoms. The fourth-order valence-electron chi connectivity index (χ4n) is 10.9. The van der Waals surface area contributed by atoms with Crippen molar-refractivity contribution in [1.29, 1.82) is 0 Å². The van der Waals surface area contributed by atoms with Crippen LogP contribution in [0.15, 0.2) is 11.6 Å². The van der Waals surface area contributed by atoms with Gasteiger partial charge in [0.15, 0.2) is 5.78 Å². The number of amides is 6. The highest BCUT2D eigenvalue weighted by Crippen LogP contribution is 2.40. The lowest BCUT2D eigenvalue weighted by Crippen LogP contribution is -2.69. The van der Waals surface area contributed by atoms with Crippen molar-refractivity contribution in [2.45, 2.75) is 195 Å². The topological polar surface area (TPSA) is 221 Å². The average molecular weight is 1050 g/mol. The van der Waals surface area contributed by atoms with E-state index in [4.69, 9.17) is 14.2 Å². The number of ether oxygens (including phenoxy) is 3. The van der Waals surface area contributed by atoms with Gasteiger partial charge in [0.1, 0.15) is 41.9 Å². The second kappa shape index (κ2) is 28.3. The summed E-state index contributed by atoms with van der Waals surface area (Å²) in [7, 11) is 7.29. The Morgan fingerprint density at radius 3 is 1.92 bits per heavy atom. The van der Waals surface area contributed by atoms with Crippen molar-refractivity contribution < 1.29 is 62.5 Å². The number of hydrogen-bond acceptors (Lipinski definition) is 13. The minimum absolute atomic E-state index is 0.197. The molecule has 0 unspecified atom stereocenters. The van der Waals surface area contributed by atoms with Crippen molar-refractivity contribution in [1.82, 2.24) is 29.4 Å². The number of Topliss-reactive ketones (excluding diaryl/α,β-unsaturated/α-hetero) is 1. The molecule has 11 atom stereocenters. The van der Waals surface area contributed by atoms with Gasteiger partial charge in [-0.2, -0.15) is 0 Å². The molecule has 3 heterocycles. The monoisotopic (exact) mass is 1040 g/mol. The lowest BCUT2D eigenvalue weighted by molar-refractivity contribution is -0.170. The molecular formula is C55H92N6O13. The normalized spacial score (nSPS) is 31.1. The van der Waals surface area contributed by atoms with E-state index < -0.39 is 132 Å². The summed E-state index contributed by atoms with van der Waals surface area (Å²) in [4.78, 5) is 136. The molecule has 0 aromatic carbocycles. The first kappa shape index (κ1) is 63.4. The maximum Gasteiger partial charge on any atom is 0.329 e. The molecule has 1 N–H and O–H groups in total. The summed E-state index contributed by atoms with van der Waals surface area (Å²) in [6.45, 7) is 19.6. The summed E-state index contributed by atoms with van der Waals surface area (Å²) in [6.07, 6.45) is 3.11. The first-order valence-electron chi connectivity index (χ1n) is 27.1. The smallest absolute Gasteiger partial charge is 0.329 e. The van der Waals surface area contributed by atoms with E-state index in [9.17, 15) is 38.7 Å². The Morgan fingerprint density at radius 1 is 0.743 bits per heavy atom. The third kappa shape index (κ3) is 14.7. The number of rotatable bonds is 7. The molecule has 0 bridgehead atoms. The molecule has 0 saturated carbocycles. The van der Waals surface area contributed by atoms with Crippen molar-refractivity contribution in [2.75, 3.05) is 61.5 Å². The number of nitrogens with zero attached hydrogens (tertiary/aromatic N) is 6. The Balaban J connectivity index is 2.09. The minimum Gasteiger partial charge on any atom is -0.462 e. The van der Waals surface area contributed by atoms with Crippen molar-refractivity contribution in [3.05, 3.63) is 11.6 Å². The van der Waals surface area contributed by atoms with E-state index in [0.717, 1.165) is 4.90 Å². The first-order valence-corrected chi connectivity index (χ1v) is 27.1. The van der Waals surface area contributed by atoms with Crippen molar-refractivity contribution in [3.8, 4) is 0 Å². The van der Waals surface area contributed by atoms with Crippen molar-refractivity contribution in [2.24, 2.45) is 29.6 Å². The standard InChI is InChI=1S/C55H92N6O13/c1-17-37(9)55(34(5)6)54(71)61-29-21-24-42(61)53(70)74-40(18-2)22-19-25-44(62)38(10)52(69)73-39(11)35(7)26-27-36(8)45(63)30-46(64)56(12)31-47(65)58(14)48(33(3)4)51(68)57(13)43(32-72-16)50(67)60-28-20-23-41(60)49(66)59(55)15/h27,33-35,37-44,48,62H,17-26,28-32H2,1-16H3/t35-,37-,38+,39+,40+,41-,42-,43-,44+,48-,55+/m0/s1. The van der Waals surface area contributed by atoms with Gasteiger partial charge in [0.2, 0.25) is 35.4 Å². The van der Waals surface area contributed by atoms with E-state index in [1.165, 1.54) is 47.9 Å². The predicted octanol–water partition coefficient (Wildman–Crippen LogP) is 4.65. The van der Waals surface area contributed by atoms with Crippen molar-refractivity contribution >= 4 is 53.2 Å². The van der Waals surface area contributed by atoms with Gasteiger partial charge in [-0.3, -0.25) is 38.4 Å². The minimum atomic E-state index is -1.44. The number of carbonyl (C=O) groups excluding carboxylic acids is 9.